The molecule has 0 bridgehead atoms. The Labute approximate surface area is 150 Å². The highest BCUT2D eigenvalue weighted by Gasteiger charge is 2.12. The predicted molar refractivity (Wildman–Crippen MR) is 97.4 cm³/mol. The molecular weight excluding hydrogens is 351 g/mol. The number of anilines is 2. The molecule has 0 aliphatic rings. The van der Waals surface area contributed by atoms with E-state index in [1.165, 1.54) is 0 Å². The summed E-state index contributed by atoms with van der Waals surface area (Å²) in [7, 11) is 1.58. The first-order valence-corrected chi connectivity index (χ1v) is 8.06. The van der Waals surface area contributed by atoms with Crippen molar-refractivity contribution in [2.45, 2.75) is 0 Å². The van der Waals surface area contributed by atoms with Gasteiger partial charge in [0.05, 0.1) is 34.6 Å². The molecular formula is C17H18Cl2N2O3. The maximum atomic E-state index is 12.2. The highest BCUT2D eigenvalue weighted by atomic mass is 35.5. The van der Waals surface area contributed by atoms with E-state index in [-0.39, 0.29) is 12.5 Å². The molecule has 0 heterocycles. The fraction of sp³-hybridized carbons (Fsp3) is 0.235. The highest BCUT2D eigenvalue weighted by Crippen LogP contribution is 2.32. The van der Waals surface area contributed by atoms with E-state index in [4.69, 9.17) is 32.7 Å². The van der Waals surface area contributed by atoms with E-state index in [9.17, 15) is 4.79 Å². The van der Waals surface area contributed by atoms with Gasteiger partial charge in [-0.3, -0.25) is 4.79 Å². The lowest BCUT2D eigenvalue weighted by molar-refractivity contribution is -0.114. The lowest BCUT2D eigenvalue weighted by Gasteiger charge is -2.14. The quantitative estimate of drug-likeness (QED) is 0.689. The SMILES string of the molecule is COCCOc1c(Cl)cccc1NC(=O)CNc1ccccc1Cl. The number of carbonyl (C=O) groups is 1. The van der Waals surface area contributed by atoms with Crippen LogP contribution in [0.3, 0.4) is 0 Å². The van der Waals surface area contributed by atoms with E-state index in [0.29, 0.717) is 40.4 Å². The van der Waals surface area contributed by atoms with E-state index in [1.54, 1.807) is 37.4 Å². The number of carbonyl (C=O) groups excluding carboxylic acids is 1. The smallest absolute Gasteiger partial charge is 0.243 e. The van der Waals surface area contributed by atoms with Gasteiger partial charge in [-0.15, -0.1) is 0 Å². The summed E-state index contributed by atoms with van der Waals surface area (Å²) in [6.45, 7) is 0.821. The Kier molecular flexibility index (Phi) is 7.18. The minimum atomic E-state index is -0.242. The van der Waals surface area contributed by atoms with E-state index in [0.717, 1.165) is 0 Å². The molecule has 128 valence electrons. The lowest BCUT2D eigenvalue weighted by atomic mass is 10.3. The molecule has 0 unspecified atom stereocenters. The van der Waals surface area contributed by atoms with Crippen LogP contribution in [-0.2, 0) is 9.53 Å². The van der Waals surface area contributed by atoms with Gasteiger partial charge in [0.15, 0.2) is 5.75 Å². The van der Waals surface area contributed by atoms with Crippen molar-refractivity contribution in [2.24, 2.45) is 0 Å². The van der Waals surface area contributed by atoms with Crippen LogP contribution in [0.15, 0.2) is 42.5 Å². The van der Waals surface area contributed by atoms with Gasteiger partial charge in [-0.25, -0.2) is 0 Å². The molecule has 0 radical (unpaired) electrons. The van der Waals surface area contributed by atoms with Crippen molar-refractivity contribution < 1.29 is 14.3 Å². The van der Waals surface area contributed by atoms with Crippen LogP contribution in [0.4, 0.5) is 11.4 Å². The van der Waals surface area contributed by atoms with Crippen molar-refractivity contribution in [3.8, 4) is 5.75 Å². The topological polar surface area (TPSA) is 59.6 Å². The maximum Gasteiger partial charge on any atom is 0.243 e. The second-order valence-electron chi connectivity index (χ2n) is 4.84. The van der Waals surface area contributed by atoms with Crippen molar-refractivity contribution in [3.05, 3.63) is 52.5 Å². The molecule has 2 aromatic carbocycles. The number of hydrogen-bond acceptors (Lipinski definition) is 4. The average molecular weight is 369 g/mol. The average Bonchev–Trinajstić information content (AvgIpc) is 2.57. The van der Waals surface area contributed by atoms with Crippen LogP contribution in [0.25, 0.3) is 0 Å². The zero-order valence-corrected chi connectivity index (χ0v) is 14.7. The maximum absolute atomic E-state index is 12.2. The van der Waals surface area contributed by atoms with Crippen molar-refractivity contribution >= 4 is 40.5 Å². The van der Waals surface area contributed by atoms with Gasteiger partial charge in [0.2, 0.25) is 5.91 Å². The van der Waals surface area contributed by atoms with E-state index in [1.807, 2.05) is 12.1 Å². The summed E-state index contributed by atoms with van der Waals surface area (Å²) in [6.07, 6.45) is 0. The first-order valence-electron chi connectivity index (χ1n) is 7.30. The largest absolute Gasteiger partial charge is 0.487 e. The Morgan fingerprint density at radius 3 is 2.46 bits per heavy atom. The van der Waals surface area contributed by atoms with Crippen LogP contribution in [-0.4, -0.2) is 32.8 Å². The second kappa shape index (κ2) is 9.37. The summed E-state index contributed by atoms with van der Waals surface area (Å²) in [4.78, 5) is 12.2. The molecule has 1 amide bonds. The molecule has 0 aromatic heterocycles. The van der Waals surface area contributed by atoms with Gasteiger partial charge in [-0.05, 0) is 24.3 Å². The number of rotatable bonds is 8. The summed E-state index contributed by atoms with van der Waals surface area (Å²) in [5.41, 5.74) is 1.20. The number of amides is 1. The molecule has 0 saturated carbocycles. The molecule has 2 N–H and O–H groups in total. The number of halogens is 2. The molecule has 0 fully saturated rings. The Balaban J connectivity index is 1.98. The van der Waals surface area contributed by atoms with Crippen LogP contribution in [0, 0.1) is 0 Å². The third-order valence-corrected chi connectivity index (χ3v) is 3.72. The third kappa shape index (κ3) is 5.30. The first kappa shape index (κ1) is 18.4. The number of nitrogens with one attached hydrogen (secondary N) is 2. The van der Waals surface area contributed by atoms with Crippen molar-refractivity contribution in [3.63, 3.8) is 0 Å². The third-order valence-electron chi connectivity index (χ3n) is 3.09. The zero-order chi connectivity index (χ0) is 17.4. The minimum absolute atomic E-state index is 0.0633. The summed E-state index contributed by atoms with van der Waals surface area (Å²) in [5, 5.41) is 6.73. The van der Waals surface area contributed by atoms with Crippen LogP contribution < -0.4 is 15.4 Å². The fourth-order valence-electron chi connectivity index (χ4n) is 1.96. The van der Waals surface area contributed by atoms with E-state index >= 15 is 0 Å². The monoisotopic (exact) mass is 368 g/mol. The number of hydrogen-bond donors (Lipinski definition) is 2. The highest BCUT2D eigenvalue weighted by molar-refractivity contribution is 6.33. The Bertz CT molecular complexity index is 695. The van der Waals surface area contributed by atoms with Gasteiger partial charge in [0.25, 0.3) is 0 Å². The molecule has 0 atom stereocenters. The molecule has 0 saturated heterocycles. The zero-order valence-electron chi connectivity index (χ0n) is 13.1. The van der Waals surface area contributed by atoms with Crippen molar-refractivity contribution in [2.75, 3.05) is 37.5 Å². The summed E-state index contributed by atoms with van der Waals surface area (Å²) in [6, 6.07) is 12.4. The number of para-hydroxylation sites is 2. The van der Waals surface area contributed by atoms with Gasteiger partial charge in [-0.2, -0.15) is 0 Å². The molecule has 2 aromatic rings. The predicted octanol–water partition coefficient (Wildman–Crippen LogP) is 4.07. The lowest BCUT2D eigenvalue weighted by Crippen LogP contribution is -2.22. The van der Waals surface area contributed by atoms with E-state index < -0.39 is 0 Å². The van der Waals surface area contributed by atoms with Gasteiger partial charge in [-0.1, -0.05) is 41.4 Å². The molecule has 0 aliphatic heterocycles. The molecule has 7 heteroatoms. The van der Waals surface area contributed by atoms with E-state index in [2.05, 4.69) is 10.6 Å². The number of methoxy groups -OCH3 is 1. The summed E-state index contributed by atoms with van der Waals surface area (Å²) in [5.74, 6) is 0.177. The fourth-order valence-corrected chi connectivity index (χ4v) is 2.39. The number of ether oxygens (including phenoxy) is 2. The number of benzene rings is 2. The second-order valence-corrected chi connectivity index (χ2v) is 5.65. The standard InChI is InChI=1S/C17H18Cl2N2O3/c1-23-9-10-24-17-13(19)6-4-8-15(17)21-16(22)11-20-14-7-3-2-5-12(14)18/h2-8,20H,9-11H2,1H3,(H,21,22). The van der Waals surface area contributed by atoms with Gasteiger partial charge < -0.3 is 20.1 Å². The van der Waals surface area contributed by atoms with Gasteiger partial charge >= 0.3 is 0 Å². The summed E-state index contributed by atoms with van der Waals surface area (Å²) < 4.78 is 10.5. The molecule has 2 rings (SSSR count). The minimum Gasteiger partial charge on any atom is -0.487 e. The Morgan fingerprint density at radius 2 is 1.71 bits per heavy atom. The van der Waals surface area contributed by atoms with Crippen LogP contribution >= 0.6 is 23.2 Å². The summed E-state index contributed by atoms with van der Waals surface area (Å²) >= 11 is 12.2. The molecule has 5 nitrogen and oxygen atoms in total. The molecule has 0 spiro atoms. The van der Waals surface area contributed by atoms with Crippen LogP contribution in [0.5, 0.6) is 5.75 Å². The van der Waals surface area contributed by atoms with Gasteiger partial charge in [0, 0.05) is 7.11 Å². The van der Waals surface area contributed by atoms with Crippen LogP contribution in [0.1, 0.15) is 0 Å². The Hall–Kier alpha value is -1.95. The van der Waals surface area contributed by atoms with Crippen molar-refractivity contribution in [1.82, 2.24) is 0 Å². The normalized spacial score (nSPS) is 10.3. The van der Waals surface area contributed by atoms with Gasteiger partial charge in [0.1, 0.15) is 6.61 Å². The molecule has 0 aliphatic carbocycles. The van der Waals surface area contributed by atoms with Crippen LogP contribution in [0.2, 0.25) is 10.0 Å². The van der Waals surface area contributed by atoms with Crippen molar-refractivity contribution in [1.29, 1.82) is 0 Å². The molecule has 24 heavy (non-hydrogen) atoms. The Morgan fingerprint density at radius 1 is 1.00 bits per heavy atom. The first-order chi connectivity index (χ1) is 11.6.